The third kappa shape index (κ3) is 27.6. The van der Waals surface area contributed by atoms with Gasteiger partial charge in [0.1, 0.15) is 52.1 Å². The van der Waals surface area contributed by atoms with Gasteiger partial charge in [-0.3, -0.25) is 36.4 Å². The maximum absolute atomic E-state index is 13.1. The standard InChI is InChI=1S/C52H38Cl2N18O26S8.8Na/c53-45-63-49(57-23-3-7-33(35(13-23)61-47(55)73)69-71-37-19-31-21(11-43(37)105(93,94)95)9-27(99(75,76)77)17-41(31)103(87,88)89)67-51(65-45)59-25-1-5-29(39(15-25)101(81,82)83)30-6-2-26(16-40(30)102(84,85)86)60-52-66-46(54)64-50(68-52)58-24-4-8-34(36(14-24)62-48(56)74)70-72-38-20-32-22(12-44(38)106(96,97)98)10-28(100(78,79)80)18-42(32)104(90,91)92;;;;;;;;/h1-20H,(H3,55,61,73)(H3,56,62,74)(H,75,76,77)(H,78,79,80)(H,81,82,83)(H,84,85,86)(H,87,88,89)(H,90,91,92)(H,93,94,95)(H,96,97,98)(H2,57,59,63,65,67)(H2,58,60,64,66,68);;;;;;;;. The summed E-state index contributed by atoms with van der Waals surface area (Å²) in [7, 11) is -42.3. The van der Waals surface area contributed by atoms with E-state index < -0.39 is 211 Å². The van der Waals surface area contributed by atoms with Crippen LogP contribution < -0.4 is 43.4 Å². The van der Waals surface area contributed by atoms with Gasteiger partial charge in [-0.1, -0.05) is 12.1 Å². The second-order valence-electron chi connectivity index (χ2n) is 21.0. The van der Waals surface area contributed by atoms with E-state index in [9.17, 15) is 113 Å². The van der Waals surface area contributed by atoms with Crippen LogP contribution in [0.5, 0.6) is 0 Å². The second kappa shape index (κ2) is 41.8. The van der Waals surface area contributed by atoms with E-state index in [0.29, 0.717) is 48.5 Å². The van der Waals surface area contributed by atoms with Gasteiger partial charge >= 0.3 is 12.1 Å². The van der Waals surface area contributed by atoms with E-state index in [-0.39, 0.29) is 282 Å². The number of carbonyl (C=O) groups is 2. The van der Waals surface area contributed by atoms with Gasteiger partial charge in [-0.05, 0) is 143 Å². The van der Waals surface area contributed by atoms with Gasteiger partial charge in [0, 0.05) is 281 Å². The molecule has 8 aromatic carbocycles. The minimum Gasteiger partial charge on any atom is -0.351 e. The number of amides is 4. The Morgan fingerprint density at radius 1 is 0.307 bits per heavy atom. The zero-order valence-corrected chi connectivity index (χ0v) is 83.2. The summed E-state index contributed by atoms with van der Waals surface area (Å²) >= 11 is 12.5. The van der Waals surface area contributed by atoms with Gasteiger partial charge in [0.2, 0.25) is 34.4 Å². The van der Waals surface area contributed by atoms with Crippen LogP contribution in [0.1, 0.15) is 0 Å². The van der Waals surface area contributed by atoms with Crippen LogP contribution >= 0.6 is 23.2 Å². The summed E-state index contributed by atoms with van der Waals surface area (Å²) in [5, 5.41) is 27.1. The first-order chi connectivity index (χ1) is 48.9. The van der Waals surface area contributed by atoms with Crippen LogP contribution in [0.15, 0.2) is 181 Å². The van der Waals surface area contributed by atoms with E-state index in [1.54, 1.807) is 0 Å². The number of primary amides is 2. The molecule has 4 amide bonds. The fourth-order valence-electron chi connectivity index (χ4n) is 9.53. The Labute approximate surface area is 830 Å². The molecule has 0 aliphatic rings. The van der Waals surface area contributed by atoms with Crippen molar-refractivity contribution in [1.29, 1.82) is 0 Å². The number of anilines is 10. The van der Waals surface area contributed by atoms with Crippen LogP contribution in [-0.4, -0.2) is 382 Å². The van der Waals surface area contributed by atoms with Crippen molar-refractivity contribution < 1.29 is 113 Å². The van der Waals surface area contributed by atoms with E-state index in [2.05, 4.69) is 82.3 Å². The van der Waals surface area contributed by atoms with Gasteiger partial charge in [0.25, 0.3) is 80.9 Å². The molecule has 8 radical (unpaired) electrons. The molecule has 10 rings (SSSR count). The topological polar surface area (TPSA) is 720 Å². The van der Waals surface area contributed by atoms with E-state index in [0.717, 1.165) is 60.7 Å². The summed E-state index contributed by atoms with van der Waals surface area (Å²) in [5.74, 6) is -1.68. The molecule has 2 aromatic heterocycles. The average Bonchev–Trinajstić information content (AvgIpc) is 0.763. The Morgan fingerprint density at radius 2 is 0.570 bits per heavy atom. The van der Waals surface area contributed by atoms with Gasteiger partial charge < -0.3 is 43.4 Å². The Kier molecular flexibility index (Phi) is 39.3. The summed E-state index contributed by atoms with van der Waals surface area (Å²) in [6.45, 7) is 0. The van der Waals surface area contributed by atoms with Gasteiger partial charge in [-0.25, -0.2) is 9.59 Å². The zero-order valence-electron chi connectivity index (χ0n) is 59.1. The summed E-state index contributed by atoms with van der Waals surface area (Å²) in [5.41, 5.74) is 6.24. The summed E-state index contributed by atoms with van der Waals surface area (Å²) < 4.78 is 280. The van der Waals surface area contributed by atoms with Crippen molar-refractivity contribution in [2.45, 2.75) is 39.2 Å². The van der Waals surface area contributed by atoms with Crippen LogP contribution in [0.2, 0.25) is 10.6 Å². The molecule has 44 nitrogen and oxygen atoms in total. The molecule has 0 fully saturated rings. The Hall–Kier alpha value is -2.90. The molecule has 0 aliphatic carbocycles. The first-order valence-electron chi connectivity index (χ1n) is 27.4. The number of nitrogens with zero attached hydrogens (tertiary/aromatic N) is 10. The van der Waals surface area contributed by atoms with Crippen LogP contribution in [0.3, 0.4) is 0 Å². The Morgan fingerprint density at radius 3 is 0.833 bits per heavy atom. The minimum atomic E-state index is -5.36. The number of aromatic nitrogens is 6. The van der Waals surface area contributed by atoms with Crippen LogP contribution in [0.4, 0.5) is 90.3 Å². The zero-order chi connectivity index (χ0) is 77.9. The average molecular weight is 1840 g/mol. The van der Waals surface area contributed by atoms with Crippen LogP contribution in [-0.2, 0) is 80.9 Å². The van der Waals surface area contributed by atoms with Crippen LogP contribution in [0, 0.1) is 0 Å². The van der Waals surface area contributed by atoms with Crippen molar-refractivity contribution in [3.05, 3.63) is 132 Å². The first kappa shape index (κ1) is 107. The number of halogens is 2. The number of benzene rings is 8. The first-order valence-corrected chi connectivity index (χ1v) is 39.7. The molecule has 0 saturated heterocycles. The number of azo groups is 2. The molecular weight excluding hydrogens is 1800 g/mol. The molecule has 62 heteroatoms. The van der Waals surface area contributed by atoms with Gasteiger partial charge in [0.05, 0.1) is 21.2 Å². The van der Waals surface area contributed by atoms with Crippen molar-refractivity contribution in [2.75, 3.05) is 31.9 Å². The molecule has 0 atom stereocenters. The fourth-order valence-corrected chi connectivity index (χ4v) is 15.3. The van der Waals surface area contributed by atoms with E-state index in [4.69, 9.17) is 34.7 Å². The number of carbonyl (C=O) groups excluding carboxylic acids is 2. The molecule has 0 bridgehead atoms. The second-order valence-corrected chi connectivity index (χ2v) is 32.9. The van der Waals surface area contributed by atoms with Gasteiger partial charge in [-0.2, -0.15) is 97.2 Å². The predicted octanol–water partition coefficient (Wildman–Crippen LogP) is 5.05. The molecular formula is C52H38Cl2N18Na8O26S8. The Bertz CT molecular complexity index is 6190. The number of rotatable bonds is 23. The molecule has 114 heavy (non-hydrogen) atoms. The summed E-state index contributed by atoms with van der Waals surface area (Å²) in [4.78, 5) is 39.8. The predicted molar refractivity (Wildman–Crippen MR) is 415 cm³/mol. The van der Waals surface area contributed by atoms with E-state index >= 15 is 0 Å². The molecule has 0 saturated carbocycles. The third-order valence-corrected chi connectivity index (χ3v) is 21.1. The molecule has 18 N–H and O–H groups in total. The monoisotopic (exact) mass is 1840 g/mol. The van der Waals surface area contributed by atoms with E-state index in [1.165, 1.54) is 12.1 Å². The Balaban J connectivity index is 0.00000551. The number of nitrogens with one attached hydrogen (secondary N) is 6. The molecule has 10 aromatic rings. The number of fused-ring (bicyclic) bond motifs is 2. The third-order valence-electron chi connectivity index (χ3n) is 13.7. The normalized spacial score (nSPS) is 11.8. The quantitative estimate of drug-likeness (QED) is 0.0226. The minimum absolute atomic E-state index is 0. The molecule has 2 heterocycles. The number of hydrogen-bond acceptors (Lipinski definition) is 32. The molecule has 0 spiro atoms. The van der Waals surface area contributed by atoms with Crippen LogP contribution in [0.25, 0.3) is 32.7 Å². The molecule has 0 unspecified atom stereocenters. The van der Waals surface area contributed by atoms with Crippen molar-refractivity contribution >= 4 is 455 Å². The van der Waals surface area contributed by atoms with Crippen molar-refractivity contribution in [1.82, 2.24) is 29.9 Å². The number of urea groups is 2. The van der Waals surface area contributed by atoms with Crippen molar-refractivity contribution in [3.8, 4) is 11.1 Å². The van der Waals surface area contributed by atoms with E-state index in [1.807, 2.05) is 0 Å². The maximum atomic E-state index is 13.1. The number of nitrogens with two attached hydrogens (primary N) is 2. The smallest absolute Gasteiger partial charge is 0.316 e. The SMILES string of the molecule is NC(=O)Nc1cc(Nc2nc(Cl)nc(Nc3ccc(-c4ccc(Nc5nc(Cl)nc(Nc6ccc(N=Nc7cc8c(S(=O)(=O)O)cc(S(=O)(=O)O)cc8cc7S(=O)(=O)O)c(NC(N)=O)c6)n5)cc4S(=O)(=O)O)c(S(=O)(=O)O)c3)n2)ccc1N=Nc1cc2c(S(=O)(=O)O)cc(S(=O)(=O)O)cc2cc1S(=O)(=O)O.[Na].[Na].[Na].[Na].[Na].[Na].[Na].[Na]. The van der Waals surface area contributed by atoms with Gasteiger partial charge in [-0.15, -0.1) is 20.5 Å². The summed E-state index contributed by atoms with van der Waals surface area (Å²) in [6.07, 6.45) is 0. The largest absolute Gasteiger partial charge is 0.351 e. The summed E-state index contributed by atoms with van der Waals surface area (Å²) in [6, 6.07) is 14.7. The van der Waals surface area contributed by atoms with Crippen molar-refractivity contribution in [2.24, 2.45) is 31.9 Å². The fraction of sp³-hybridized carbons (Fsp3) is 0. The van der Waals surface area contributed by atoms with Gasteiger partial charge in [0.15, 0.2) is 0 Å². The molecule has 562 valence electrons. The number of hydrogen-bond donors (Lipinski definition) is 16. The van der Waals surface area contributed by atoms with Crippen molar-refractivity contribution in [3.63, 3.8) is 0 Å². The maximum Gasteiger partial charge on any atom is 0.316 e. The molecule has 0 aliphatic heterocycles.